The minimum Gasteiger partial charge on any atom is -0.870 e. The van der Waals surface area contributed by atoms with E-state index in [1.54, 1.807) is 84.9 Å². The van der Waals surface area contributed by atoms with Crippen LogP contribution in [0, 0.1) is 13.8 Å². The Morgan fingerprint density at radius 1 is 0.547 bits per heavy atom. The summed E-state index contributed by atoms with van der Waals surface area (Å²) in [5, 5.41) is 18.5. The fourth-order valence-electron chi connectivity index (χ4n) is 5.47. The Balaban J connectivity index is 0.000000275. The van der Waals surface area contributed by atoms with Crippen LogP contribution in [0.4, 0.5) is 11.4 Å². The maximum atomic E-state index is 12.8. The Labute approximate surface area is 336 Å². The second-order valence-electron chi connectivity index (χ2n) is 11.3. The average Bonchev–Trinajstić information content (AvgIpc) is 3.10. The number of rotatable bonds is 6. The molecule has 53 heavy (non-hydrogen) atoms. The molecule has 0 unspecified atom stereocenters. The topological polar surface area (TPSA) is 152 Å². The number of carbonyl (C=O) groups excluding carboxylic acids is 3. The van der Waals surface area contributed by atoms with Gasteiger partial charge in [-0.1, -0.05) is 94.9 Å². The molecule has 6 rings (SSSR count). The molecule has 0 radical (unpaired) electrons. The number of aryl methyl sites for hydroxylation is 2. The molecule has 0 heterocycles. The molecule has 6 aromatic carbocycles. The van der Waals surface area contributed by atoms with Crippen LogP contribution >= 0.6 is 46.4 Å². The number of benzene rings is 6. The third-order valence-electron chi connectivity index (χ3n) is 7.82. The summed E-state index contributed by atoms with van der Waals surface area (Å²) in [5.41, 5.74) is 3.73. The van der Waals surface area contributed by atoms with Gasteiger partial charge in [-0.2, -0.15) is 0 Å². The van der Waals surface area contributed by atoms with Crippen LogP contribution in [-0.4, -0.2) is 41.4 Å². The molecule has 4 N–H and O–H groups in total. The molecule has 0 atom stereocenters. The normalized spacial score (nSPS) is 10.2. The predicted molar refractivity (Wildman–Crippen MR) is 206 cm³/mol. The Morgan fingerprint density at radius 3 is 1.19 bits per heavy atom. The van der Waals surface area contributed by atoms with E-state index in [0.29, 0.717) is 69.7 Å². The van der Waals surface area contributed by atoms with E-state index in [0.717, 1.165) is 11.1 Å². The number of esters is 1. The number of carbonyl (C=O) groups is 4. The summed E-state index contributed by atoms with van der Waals surface area (Å²) in [6, 6.07) is 26.9. The zero-order valence-corrected chi connectivity index (χ0v) is 31.7. The summed E-state index contributed by atoms with van der Waals surface area (Å²) in [7, 11) is 1.32. The van der Waals surface area contributed by atoms with Gasteiger partial charge in [0.15, 0.2) is 0 Å². The Bertz CT molecular complexity index is 2340. The average molecular weight is 786 g/mol. The number of hydrogen-bond donors (Lipinski definition) is 3. The minimum absolute atomic E-state index is 0. The van der Waals surface area contributed by atoms with Gasteiger partial charge in [-0.25, -0.2) is 9.59 Å². The summed E-state index contributed by atoms with van der Waals surface area (Å²) in [6.45, 7) is 3.71. The van der Waals surface area contributed by atoms with E-state index in [2.05, 4.69) is 10.6 Å². The first-order valence-electron chi connectivity index (χ1n) is 15.2. The van der Waals surface area contributed by atoms with E-state index in [4.69, 9.17) is 51.1 Å². The second kappa shape index (κ2) is 18.5. The summed E-state index contributed by atoms with van der Waals surface area (Å²) < 4.78 is 4.81. The van der Waals surface area contributed by atoms with Crippen molar-refractivity contribution >= 4 is 103 Å². The fraction of sp³-hybridized carbons (Fsp3) is 0.0769. The van der Waals surface area contributed by atoms with E-state index < -0.39 is 17.8 Å². The Kier molecular flexibility index (Phi) is 14.9. The number of anilines is 2. The van der Waals surface area contributed by atoms with E-state index in [-0.39, 0.29) is 35.8 Å². The van der Waals surface area contributed by atoms with Crippen molar-refractivity contribution in [2.24, 2.45) is 0 Å². The zero-order chi connectivity index (χ0) is 37.0. The number of methoxy groups -OCH3 is 1. The minimum atomic E-state index is -1.05. The van der Waals surface area contributed by atoms with Crippen molar-refractivity contribution in [2.45, 2.75) is 13.8 Å². The van der Waals surface area contributed by atoms with E-state index >= 15 is 0 Å². The van der Waals surface area contributed by atoms with Crippen molar-refractivity contribution < 1.29 is 53.4 Å². The summed E-state index contributed by atoms with van der Waals surface area (Å²) >= 11 is 24.8. The monoisotopic (exact) mass is 784 g/mol. The van der Waals surface area contributed by atoms with Crippen LogP contribution in [0.25, 0.3) is 21.5 Å². The molecule has 0 aliphatic carbocycles. The number of ether oxygens (including phenoxy) is 1. The molecule has 0 saturated carbocycles. The quantitative estimate of drug-likeness (QED) is 0.116. The van der Waals surface area contributed by atoms with Gasteiger partial charge in [-0.15, -0.1) is 0 Å². The molecule has 14 heteroatoms. The summed E-state index contributed by atoms with van der Waals surface area (Å²) in [6.07, 6.45) is 0. The van der Waals surface area contributed by atoms with E-state index in [9.17, 15) is 24.3 Å². The van der Waals surface area contributed by atoms with E-state index in [1.807, 2.05) is 13.8 Å². The van der Waals surface area contributed by atoms with Crippen molar-refractivity contribution in [3.63, 3.8) is 0 Å². The molecule has 0 saturated heterocycles. The Hall–Kier alpha value is -4.56. The van der Waals surface area contributed by atoms with Gasteiger partial charge in [0.05, 0.1) is 49.7 Å². The number of halogens is 4. The predicted octanol–water partition coefficient (Wildman–Crippen LogP) is 7.73. The van der Waals surface area contributed by atoms with Gasteiger partial charge in [0.2, 0.25) is 0 Å². The van der Waals surface area contributed by atoms with Gasteiger partial charge in [-0.05, 0) is 95.1 Å². The number of carboxylic acids is 1. The molecule has 6 aromatic rings. The number of hydrogen-bond acceptors (Lipinski definition) is 6. The third kappa shape index (κ3) is 9.52. The van der Waals surface area contributed by atoms with Gasteiger partial charge >= 0.3 is 30.8 Å². The van der Waals surface area contributed by atoms with Crippen molar-refractivity contribution in [1.29, 1.82) is 0 Å². The molecular formula is C39H29Cl4LiN2O7. The molecule has 0 aromatic heterocycles. The number of nitrogens with one attached hydrogen (secondary N) is 2. The first kappa shape index (κ1) is 42.8. The summed E-state index contributed by atoms with van der Waals surface area (Å²) in [5.74, 6) is -2.29. The molecule has 0 aliphatic heterocycles. The summed E-state index contributed by atoms with van der Waals surface area (Å²) in [4.78, 5) is 48.9. The van der Waals surface area contributed by atoms with Crippen LogP contribution in [0.1, 0.15) is 52.6 Å². The second-order valence-corrected chi connectivity index (χ2v) is 13.0. The molecular weight excluding hydrogens is 757 g/mol. The molecule has 2 amide bonds. The van der Waals surface area contributed by atoms with E-state index in [1.165, 1.54) is 19.2 Å². The van der Waals surface area contributed by atoms with Gasteiger partial charge in [0.25, 0.3) is 11.8 Å². The van der Waals surface area contributed by atoms with Crippen LogP contribution in [-0.2, 0) is 4.74 Å². The first-order chi connectivity index (χ1) is 24.3. The maximum absolute atomic E-state index is 12.8. The smallest absolute Gasteiger partial charge is 0.870 e. The van der Waals surface area contributed by atoms with Crippen LogP contribution in [0.3, 0.4) is 0 Å². The SMILES string of the molecule is COC(=O)c1ccc(C(=O)Nc2c(Cl)cc(C)cc2Cl)c2ccccc12.Cc1cc(Cl)c(NC(=O)c2ccc(C(=O)O)c3ccccc23)c(Cl)c1.[Li+].[OH-]. The van der Waals surface area contributed by atoms with Crippen LogP contribution in [0.2, 0.25) is 20.1 Å². The number of fused-ring (bicyclic) bond motifs is 2. The molecule has 266 valence electrons. The molecule has 0 bridgehead atoms. The maximum Gasteiger partial charge on any atom is 1.00 e. The number of carboxylic acid groups (broad SMARTS) is 1. The fourth-order valence-corrected chi connectivity index (χ4v) is 6.85. The third-order valence-corrected chi connectivity index (χ3v) is 9.02. The van der Waals surface area contributed by atoms with Gasteiger partial charge in [-0.3, -0.25) is 9.59 Å². The molecule has 0 spiro atoms. The zero-order valence-electron chi connectivity index (χ0n) is 28.7. The van der Waals surface area contributed by atoms with Crippen LogP contribution < -0.4 is 29.5 Å². The molecule has 0 fully saturated rings. The van der Waals surface area contributed by atoms with Gasteiger partial charge in [0.1, 0.15) is 0 Å². The van der Waals surface area contributed by atoms with Crippen molar-refractivity contribution in [1.82, 2.24) is 0 Å². The van der Waals surface area contributed by atoms with Crippen molar-refractivity contribution in [3.05, 3.63) is 151 Å². The van der Waals surface area contributed by atoms with Crippen molar-refractivity contribution in [3.8, 4) is 0 Å². The van der Waals surface area contributed by atoms with Crippen molar-refractivity contribution in [2.75, 3.05) is 17.7 Å². The van der Waals surface area contributed by atoms with Gasteiger partial charge < -0.3 is 26.0 Å². The molecule has 0 aliphatic rings. The van der Waals surface area contributed by atoms with Gasteiger partial charge in [0, 0.05) is 11.1 Å². The standard InChI is InChI=1S/C20H15Cl2NO3.C19H13Cl2NO3.Li.H2O/c1-11-9-16(21)18(17(22)10-11)23-19(24)14-7-8-15(20(25)26-2)13-6-4-3-5-12(13)14;1-10-8-15(20)17(16(21)9-10)22-18(23)13-6-7-14(19(24)25)12-5-3-2-4-11(12)13;;/h3-10H,1-2H3,(H,23,24);2-9H,1H3,(H,22,23)(H,24,25);;1H2/q;;+1;/p-1. The largest absolute Gasteiger partial charge is 1.00 e. The number of aromatic carboxylic acids is 1. The first-order valence-corrected chi connectivity index (χ1v) is 16.7. The molecule has 9 nitrogen and oxygen atoms in total. The van der Waals surface area contributed by atoms with Crippen LogP contribution in [0.5, 0.6) is 0 Å². The van der Waals surface area contributed by atoms with Crippen LogP contribution in [0.15, 0.2) is 97.1 Å². The Morgan fingerprint density at radius 2 is 0.849 bits per heavy atom. The number of amides is 2.